The SMILES string of the molecule is COc1ccccc1/C(O)=C1\C(=O)C(=O)N(c2ccc(C(C)(C)C)cc2)C1c1ccncc1. The summed E-state index contributed by atoms with van der Waals surface area (Å²) in [6, 6.07) is 17.1. The molecule has 6 nitrogen and oxygen atoms in total. The Kier molecular flexibility index (Phi) is 5.77. The van der Waals surface area contributed by atoms with E-state index < -0.39 is 17.7 Å². The first-order valence-corrected chi connectivity index (χ1v) is 10.7. The quantitative estimate of drug-likeness (QED) is 0.349. The zero-order valence-electron chi connectivity index (χ0n) is 19.1. The number of ketones is 1. The Balaban J connectivity index is 1.91. The zero-order valence-corrected chi connectivity index (χ0v) is 19.1. The molecule has 0 bridgehead atoms. The number of anilines is 1. The smallest absolute Gasteiger partial charge is 0.300 e. The topological polar surface area (TPSA) is 79.7 Å². The number of pyridine rings is 1. The predicted molar refractivity (Wildman–Crippen MR) is 127 cm³/mol. The molecule has 1 saturated heterocycles. The average Bonchev–Trinajstić information content (AvgIpc) is 3.09. The molecule has 1 unspecified atom stereocenters. The van der Waals surface area contributed by atoms with Gasteiger partial charge in [-0.1, -0.05) is 45.0 Å². The lowest BCUT2D eigenvalue weighted by Crippen LogP contribution is -2.29. The lowest BCUT2D eigenvalue weighted by atomic mass is 9.87. The molecule has 0 saturated carbocycles. The minimum Gasteiger partial charge on any atom is -0.507 e. The van der Waals surface area contributed by atoms with Crippen molar-refractivity contribution >= 4 is 23.1 Å². The van der Waals surface area contributed by atoms with Gasteiger partial charge in [-0.3, -0.25) is 19.5 Å². The van der Waals surface area contributed by atoms with E-state index in [1.165, 1.54) is 12.0 Å². The molecule has 1 aromatic heterocycles. The number of para-hydroxylation sites is 1. The second kappa shape index (κ2) is 8.54. The molecular weight excluding hydrogens is 416 g/mol. The van der Waals surface area contributed by atoms with E-state index in [1.54, 1.807) is 48.8 Å². The summed E-state index contributed by atoms with van der Waals surface area (Å²) in [5.74, 6) is -1.32. The van der Waals surface area contributed by atoms with E-state index in [9.17, 15) is 14.7 Å². The summed E-state index contributed by atoms with van der Waals surface area (Å²) >= 11 is 0. The van der Waals surface area contributed by atoms with Crippen molar-refractivity contribution in [1.82, 2.24) is 4.98 Å². The summed E-state index contributed by atoms with van der Waals surface area (Å²) in [6.07, 6.45) is 3.20. The summed E-state index contributed by atoms with van der Waals surface area (Å²) in [6.45, 7) is 6.33. The third-order valence-electron chi connectivity index (χ3n) is 5.84. The van der Waals surface area contributed by atoms with Crippen LogP contribution in [0.4, 0.5) is 5.69 Å². The maximum Gasteiger partial charge on any atom is 0.300 e. The molecule has 0 radical (unpaired) electrons. The van der Waals surface area contributed by atoms with E-state index in [0.29, 0.717) is 22.6 Å². The highest BCUT2D eigenvalue weighted by atomic mass is 16.5. The van der Waals surface area contributed by atoms with Crippen molar-refractivity contribution in [3.63, 3.8) is 0 Å². The van der Waals surface area contributed by atoms with Gasteiger partial charge in [0.05, 0.1) is 24.3 Å². The molecule has 1 aliphatic heterocycles. The highest BCUT2D eigenvalue weighted by molar-refractivity contribution is 6.51. The number of nitrogens with zero attached hydrogens (tertiary/aromatic N) is 2. The first-order valence-electron chi connectivity index (χ1n) is 10.7. The summed E-state index contributed by atoms with van der Waals surface area (Å²) in [5.41, 5.74) is 2.65. The van der Waals surface area contributed by atoms with Gasteiger partial charge in [0.25, 0.3) is 11.7 Å². The third-order valence-corrected chi connectivity index (χ3v) is 5.84. The Morgan fingerprint density at radius 1 is 0.970 bits per heavy atom. The normalized spacial score (nSPS) is 17.9. The monoisotopic (exact) mass is 442 g/mol. The van der Waals surface area contributed by atoms with Crippen LogP contribution in [0.2, 0.25) is 0 Å². The van der Waals surface area contributed by atoms with Crippen LogP contribution in [0.1, 0.15) is 43.5 Å². The number of rotatable bonds is 4. The molecule has 0 aliphatic carbocycles. The van der Waals surface area contributed by atoms with Crippen molar-refractivity contribution in [1.29, 1.82) is 0 Å². The van der Waals surface area contributed by atoms with Crippen LogP contribution in [0.5, 0.6) is 5.75 Å². The summed E-state index contributed by atoms with van der Waals surface area (Å²) in [7, 11) is 1.49. The van der Waals surface area contributed by atoms with Gasteiger partial charge >= 0.3 is 0 Å². The molecule has 33 heavy (non-hydrogen) atoms. The Bertz CT molecular complexity index is 1220. The molecule has 6 heteroatoms. The van der Waals surface area contributed by atoms with Crippen molar-refractivity contribution in [3.8, 4) is 5.75 Å². The summed E-state index contributed by atoms with van der Waals surface area (Å²) < 4.78 is 5.37. The number of ether oxygens (including phenoxy) is 1. The Labute approximate surface area is 193 Å². The second-order valence-electron chi connectivity index (χ2n) is 8.95. The van der Waals surface area contributed by atoms with Crippen molar-refractivity contribution in [2.75, 3.05) is 12.0 Å². The number of carbonyl (C=O) groups is 2. The molecule has 1 amide bonds. The van der Waals surface area contributed by atoms with E-state index in [1.807, 2.05) is 24.3 Å². The molecule has 168 valence electrons. The van der Waals surface area contributed by atoms with Gasteiger partial charge in [-0.05, 0) is 52.9 Å². The van der Waals surface area contributed by atoms with Gasteiger partial charge in [-0.15, -0.1) is 0 Å². The van der Waals surface area contributed by atoms with Gasteiger partial charge < -0.3 is 9.84 Å². The molecular formula is C27H26N2O4. The van der Waals surface area contributed by atoms with Crippen LogP contribution < -0.4 is 9.64 Å². The lowest BCUT2D eigenvalue weighted by molar-refractivity contribution is -0.132. The van der Waals surface area contributed by atoms with E-state index in [-0.39, 0.29) is 16.7 Å². The molecule has 0 spiro atoms. The second-order valence-corrected chi connectivity index (χ2v) is 8.95. The number of carbonyl (C=O) groups excluding carboxylic acids is 2. The number of aliphatic hydroxyl groups is 1. The summed E-state index contributed by atoms with van der Waals surface area (Å²) in [5, 5.41) is 11.3. The van der Waals surface area contributed by atoms with Gasteiger partial charge in [0.2, 0.25) is 0 Å². The van der Waals surface area contributed by atoms with Gasteiger partial charge in [0.1, 0.15) is 11.5 Å². The molecule has 1 aliphatic rings. The van der Waals surface area contributed by atoms with Gasteiger partial charge in [0.15, 0.2) is 0 Å². The van der Waals surface area contributed by atoms with Crippen LogP contribution >= 0.6 is 0 Å². The highest BCUT2D eigenvalue weighted by Gasteiger charge is 2.47. The Hall–Kier alpha value is -3.93. The molecule has 1 N–H and O–H groups in total. The minimum atomic E-state index is -0.807. The molecule has 1 atom stereocenters. The van der Waals surface area contributed by atoms with Crippen LogP contribution in [0.3, 0.4) is 0 Å². The van der Waals surface area contributed by atoms with Crippen LogP contribution in [-0.2, 0) is 15.0 Å². The van der Waals surface area contributed by atoms with Gasteiger partial charge in [0, 0.05) is 18.1 Å². The number of hydrogen-bond donors (Lipinski definition) is 1. The predicted octanol–water partition coefficient (Wildman–Crippen LogP) is 5.01. The highest BCUT2D eigenvalue weighted by Crippen LogP contribution is 2.43. The molecule has 2 heterocycles. The molecule has 1 fully saturated rings. The fourth-order valence-electron chi connectivity index (χ4n) is 4.07. The maximum atomic E-state index is 13.3. The van der Waals surface area contributed by atoms with Crippen LogP contribution in [-0.4, -0.2) is 28.9 Å². The fraction of sp³-hybridized carbons (Fsp3) is 0.222. The zero-order chi connectivity index (χ0) is 23.8. The van der Waals surface area contributed by atoms with E-state index in [2.05, 4.69) is 25.8 Å². The third kappa shape index (κ3) is 4.00. The Morgan fingerprint density at radius 2 is 1.61 bits per heavy atom. The van der Waals surface area contributed by atoms with E-state index >= 15 is 0 Å². The van der Waals surface area contributed by atoms with Crippen molar-refractivity contribution in [3.05, 3.63) is 95.3 Å². The first kappa shape index (κ1) is 22.3. The lowest BCUT2D eigenvalue weighted by Gasteiger charge is -2.26. The Morgan fingerprint density at radius 3 is 2.21 bits per heavy atom. The first-order chi connectivity index (χ1) is 15.7. The maximum absolute atomic E-state index is 13.3. The summed E-state index contributed by atoms with van der Waals surface area (Å²) in [4.78, 5) is 32.0. The van der Waals surface area contributed by atoms with E-state index in [4.69, 9.17) is 4.74 Å². The molecule has 2 aromatic carbocycles. The minimum absolute atomic E-state index is 0.00981. The van der Waals surface area contributed by atoms with Crippen molar-refractivity contribution in [2.45, 2.75) is 32.2 Å². The van der Waals surface area contributed by atoms with Crippen molar-refractivity contribution < 1.29 is 19.4 Å². The van der Waals surface area contributed by atoms with Crippen LogP contribution in [0.25, 0.3) is 5.76 Å². The standard InChI is InChI=1S/C27H26N2O4/c1-27(2,3)18-9-11-19(12-10-18)29-23(17-13-15-28-16-14-17)22(25(31)26(29)32)24(30)20-7-5-6-8-21(20)33-4/h5-16,23,30H,1-4H3/b24-22+. The van der Waals surface area contributed by atoms with Crippen LogP contribution in [0.15, 0.2) is 78.6 Å². The largest absolute Gasteiger partial charge is 0.507 e. The number of Topliss-reactive ketones (excluding diaryl/α,β-unsaturated/α-hetero) is 1. The van der Waals surface area contributed by atoms with Gasteiger partial charge in [-0.25, -0.2) is 0 Å². The number of benzene rings is 2. The van der Waals surface area contributed by atoms with Crippen molar-refractivity contribution in [2.24, 2.45) is 0 Å². The number of aliphatic hydroxyl groups excluding tert-OH is 1. The molecule has 3 aromatic rings. The number of aromatic nitrogens is 1. The van der Waals surface area contributed by atoms with Crippen LogP contribution in [0, 0.1) is 0 Å². The number of methoxy groups -OCH3 is 1. The molecule has 4 rings (SSSR count). The fourth-order valence-corrected chi connectivity index (χ4v) is 4.07. The van der Waals surface area contributed by atoms with E-state index in [0.717, 1.165) is 5.56 Å². The number of amides is 1. The number of hydrogen-bond acceptors (Lipinski definition) is 5. The average molecular weight is 443 g/mol. The van der Waals surface area contributed by atoms with Gasteiger partial charge in [-0.2, -0.15) is 0 Å².